The van der Waals surface area contributed by atoms with Crippen molar-refractivity contribution in [2.45, 2.75) is 22.6 Å². The van der Waals surface area contributed by atoms with Crippen LogP contribution in [0.3, 0.4) is 0 Å². The Morgan fingerprint density at radius 1 is 0.744 bits per heavy atom. The van der Waals surface area contributed by atoms with Crippen LogP contribution in [-0.4, -0.2) is 50.2 Å². The lowest BCUT2D eigenvalue weighted by molar-refractivity contribution is -0.137. The Kier molecular flexibility index (Phi) is 10.6. The van der Waals surface area contributed by atoms with Crippen molar-refractivity contribution < 1.29 is 29.0 Å². The van der Waals surface area contributed by atoms with E-state index in [9.17, 15) is 19.5 Å². The number of anilines is 2. The summed E-state index contributed by atoms with van der Waals surface area (Å²) in [5.41, 5.74) is 13.4. The Morgan fingerprint density at radius 3 is 1.72 bits per heavy atom. The zero-order valence-electron chi connectivity index (χ0n) is 23.7. The summed E-state index contributed by atoms with van der Waals surface area (Å²) >= 11 is 2.63. The van der Waals surface area contributed by atoms with E-state index < -0.39 is 17.8 Å². The maximum atomic E-state index is 12.3. The van der Waals surface area contributed by atoms with Crippen LogP contribution in [0.2, 0.25) is 0 Å². The van der Waals surface area contributed by atoms with Crippen molar-refractivity contribution in [1.82, 2.24) is 0 Å². The minimum absolute atomic E-state index is 0.107. The zero-order valence-corrected chi connectivity index (χ0v) is 25.3. The predicted molar refractivity (Wildman–Crippen MR) is 171 cm³/mol. The fourth-order valence-electron chi connectivity index (χ4n) is 4.46. The highest BCUT2D eigenvalue weighted by Crippen LogP contribution is 2.44. The molecule has 0 aromatic heterocycles. The maximum Gasteiger partial charge on any atom is 0.303 e. The predicted octanol–water partition coefficient (Wildman–Crippen LogP) is 4.87. The van der Waals surface area contributed by atoms with E-state index in [4.69, 9.17) is 20.9 Å². The molecule has 0 aliphatic rings. The summed E-state index contributed by atoms with van der Waals surface area (Å²) in [5, 5.41) is 11.1. The number of amides is 2. The second kappa shape index (κ2) is 14.6. The largest absolute Gasteiger partial charge is 0.497 e. The first-order valence-electron chi connectivity index (χ1n) is 13.2. The Balaban J connectivity index is 1.89. The van der Waals surface area contributed by atoms with Gasteiger partial charge >= 0.3 is 5.97 Å². The van der Waals surface area contributed by atoms with E-state index in [1.165, 1.54) is 23.9 Å². The van der Waals surface area contributed by atoms with Crippen LogP contribution in [0.1, 0.15) is 12.0 Å². The number of hydrogen-bond acceptors (Lipinski definition) is 9. The Bertz CT molecular complexity index is 1600. The van der Waals surface area contributed by atoms with Gasteiger partial charge in [0.05, 0.1) is 25.6 Å². The van der Waals surface area contributed by atoms with Crippen LogP contribution in [0.5, 0.6) is 11.5 Å². The zero-order chi connectivity index (χ0) is 30.9. The number of carboxylic acids is 1. The summed E-state index contributed by atoms with van der Waals surface area (Å²) in [5.74, 6) is -0.672. The molecular formula is C31H32N4O6S2. The highest BCUT2D eigenvalue weighted by Gasteiger charge is 2.24. The molecular weight excluding hydrogens is 588 g/mol. The van der Waals surface area contributed by atoms with Crippen LogP contribution in [0.15, 0.2) is 88.7 Å². The summed E-state index contributed by atoms with van der Waals surface area (Å²) < 4.78 is 14.1. The molecule has 4 rings (SSSR count). The quantitative estimate of drug-likeness (QED) is 0.157. The minimum atomic E-state index is -0.966. The lowest BCUT2D eigenvalue weighted by Crippen LogP contribution is -2.31. The first kappa shape index (κ1) is 31.4. The van der Waals surface area contributed by atoms with E-state index in [1.807, 2.05) is 78.9 Å². The molecule has 224 valence electrons. The second-order valence-electron chi connectivity index (χ2n) is 9.38. The number of primary amides is 2. The topological polar surface area (TPSA) is 148 Å². The number of carboxylic acid groups (broad SMARTS) is 1. The molecule has 4 aromatic carbocycles. The third-order valence-electron chi connectivity index (χ3n) is 6.35. The van der Waals surface area contributed by atoms with Crippen molar-refractivity contribution >= 4 is 63.8 Å². The molecule has 0 saturated carbocycles. The van der Waals surface area contributed by atoms with E-state index in [-0.39, 0.29) is 25.9 Å². The minimum Gasteiger partial charge on any atom is -0.497 e. The standard InChI is InChI=1S/C31H32N4O6S2/c1-40-21-8-12-23(13-9-21)42-34(18-28(32)36)27-17-20(7-16-30(38)39)31(26-6-4-3-5-25(26)27)35(19-29(33)37)43-24-14-10-22(41-2)11-15-24/h3-6,8-15,17H,7,16,18-19H2,1-2H3,(H2,32,36)(H2,33,37)(H,38,39). The van der Waals surface area contributed by atoms with E-state index >= 15 is 0 Å². The Morgan fingerprint density at radius 2 is 1.23 bits per heavy atom. The number of rotatable bonds is 15. The summed E-state index contributed by atoms with van der Waals surface area (Å²) in [6.07, 6.45) is 0.0163. The van der Waals surface area contributed by atoms with Gasteiger partial charge in [0.2, 0.25) is 11.8 Å². The fraction of sp³-hybridized carbons (Fsp3) is 0.194. The van der Waals surface area contributed by atoms with Crippen molar-refractivity contribution in [2.24, 2.45) is 11.5 Å². The van der Waals surface area contributed by atoms with Gasteiger partial charge in [0.1, 0.15) is 24.6 Å². The number of nitrogens with zero attached hydrogens (tertiary/aromatic N) is 2. The lowest BCUT2D eigenvalue weighted by atomic mass is 9.98. The molecule has 4 aromatic rings. The highest BCUT2D eigenvalue weighted by atomic mass is 32.2. The number of benzene rings is 4. The average Bonchev–Trinajstić information content (AvgIpc) is 2.99. The number of hydrogen-bond donors (Lipinski definition) is 3. The Labute approximate surface area is 258 Å². The van der Waals surface area contributed by atoms with E-state index in [1.54, 1.807) is 22.8 Å². The molecule has 0 saturated heterocycles. The normalized spacial score (nSPS) is 10.7. The van der Waals surface area contributed by atoms with E-state index in [0.717, 1.165) is 20.6 Å². The van der Waals surface area contributed by atoms with Crippen molar-refractivity contribution in [3.63, 3.8) is 0 Å². The van der Waals surface area contributed by atoms with Crippen LogP contribution in [0.4, 0.5) is 11.4 Å². The van der Waals surface area contributed by atoms with Crippen LogP contribution < -0.4 is 29.6 Å². The molecule has 0 bridgehead atoms. The summed E-state index contributed by atoms with van der Waals surface area (Å²) in [7, 11) is 3.17. The Hall–Kier alpha value is -4.55. The number of methoxy groups -OCH3 is 2. The highest BCUT2D eigenvalue weighted by molar-refractivity contribution is 8.01. The van der Waals surface area contributed by atoms with Gasteiger partial charge in [-0.2, -0.15) is 0 Å². The van der Waals surface area contributed by atoms with Gasteiger partial charge in [-0.1, -0.05) is 24.3 Å². The number of ether oxygens (including phenoxy) is 2. The molecule has 0 unspecified atom stereocenters. The third kappa shape index (κ3) is 8.27. The molecule has 0 fully saturated rings. The molecule has 5 N–H and O–H groups in total. The van der Waals surface area contributed by atoms with Gasteiger partial charge in [-0.25, -0.2) is 0 Å². The van der Waals surface area contributed by atoms with Gasteiger partial charge in [0, 0.05) is 27.0 Å². The lowest BCUT2D eigenvalue weighted by Gasteiger charge is -2.30. The van der Waals surface area contributed by atoms with Crippen LogP contribution in [0, 0.1) is 0 Å². The van der Waals surface area contributed by atoms with Crippen molar-refractivity contribution in [3.05, 3.63) is 84.4 Å². The van der Waals surface area contributed by atoms with E-state index in [0.29, 0.717) is 28.4 Å². The van der Waals surface area contributed by atoms with Gasteiger partial charge in [0.25, 0.3) is 0 Å². The average molecular weight is 621 g/mol. The third-order valence-corrected chi connectivity index (χ3v) is 8.39. The van der Waals surface area contributed by atoms with Crippen LogP contribution in [-0.2, 0) is 20.8 Å². The second-order valence-corrected chi connectivity index (χ2v) is 11.6. The van der Waals surface area contributed by atoms with E-state index in [2.05, 4.69) is 0 Å². The molecule has 0 radical (unpaired) electrons. The first-order valence-corrected chi connectivity index (χ1v) is 14.7. The molecule has 10 nitrogen and oxygen atoms in total. The molecule has 0 aliphatic heterocycles. The van der Waals surface area contributed by atoms with Gasteiger partial charge in [-0.05, 0) is 90.5 Å². The smallest absolute Gasteiger partial charge is 0.303 e. The monoisotopic (exact) mass is 620 g/mol. The van der Waals surface area contributed by atoms with Crippen LogP contribution >= 0.6 is 23.9 Å². The summed E-state index contributed by atoms with van der Waals surface area (Å²) in [6.45, 7) is -0.240. The van der Waals surface area contributed by atoms with Gasteiger partial charge in [-0.15, -0.1) is 0 Å². The molecule has 0 heterocycles. The molecule has 2 amide bonds. The molecule has 0 atom stereocenters. The maximum absolute atomic E-state index is 12.3. The number of carbonyl (C=O) groups excluding carboxylic acids is 2. The number of carbonyl (C=O) groups is 3. The van der Waals surface area contributed by atoms with Gasteiger partial charge in [-0.3, -0.25) is 14.4 Å². The number of nitrogens with two attached hydrogens (primary N) is 2. The first-order chi connectivity index (χ1) is 20.7. The molecule has 12 heteroatoms. The van der Waals surface area contributed by atoms with Gasteiger partial charge in [0.15, 0.2) is 0 Å². The number of fused-ring (bicyclic) bond motifs is 1. The fourth-order valence-corrected chi connectivity index (χ4v) is 6.43. The van der Waals surface area contributed by atoms with Gasteiger partial charge < -0.3 is 34.7 Å². The van der Waals surface area contributed by atoms with Crippen molar-refractivity contribution in [1.29, 1.82) is 0 Å². The van der Waals surface area contributed by atoms with Crippen LogP contribution in [0.25, 0.3) is 10.8 Å². The summed E-state index contributed by atoms with van der Waals surface area (Å²) in [6, 6.07) is 24.2. The number of aliphatic carboxylic acids is 1. The molecule has 43 heavy (non-hydrogen) atoms. The van der Waals surface area contributed by atoms with Crippen molar-refractivity contribution in [2.75, 3.05) is 35.9 Å². The number of aryl methyl sites for hydroxylation is 1. The molecule has 0 spiro atoms. The SMILES string of the molecule is COc1ccc(SN(CC(N)=O)c2cc(CCC(=O)O)c(N(CC(N)=O)Sc3ccc(OC)cc3)c3ccccc23)cc1. The molecule has 0 aliphatic carbocycles. The summed E-state index contributed by atoms with van der Waals surface area (Å²) in [4.78, 5) is 37.9. The van der Waals surface area contributed by atoms with Crippen molar-refractivity contribution in [3.8, 4) is 11.5 Å².